The summed E-state index contributed by atoms with van der Waals surface area (Å²) in [4.78, 5) is 17.6. The highest BCUT2D eigenvalue weighted by atomic mass is 32.2. The fourth-order valence-corrected chi connectivity index (χ4v) is 7.32. The molecule has 8 heteroatoms. The van der Waals surface area contributed by atoms with Gasteiger partial charge in [0.2, 0.25) is 10.0 Å². The fourth-order valence-electron chi connectivity index (χ4n) is 6.01. The maximum Gasteiger partial charge on any atom is 0.332 e. The molecule has 32 heavy (non-hydrogen) atoms. The summed E-state index contributed by atoms with van der Waals surface area (Å²) in [6.07, 6.45) is 7.37. The molecule has 2 fully saturated rings. The topological polar surface area (TPSA) is 81.8 Å². The number of sulfonamides is 1. The lowest BCUT2D eigenvalue weighted by Crippen LogP contribution is -2.63. The maximum absolute atomic E-state index is 13.0. The van der Waals surface area contributed by atoms with Crippen LogP contribution in [0.3, 0.4) is 0 Å². The number of likely N-dealkylation sites (tertiary alicyclic amines) is 2. The number of nitrogens with one attached hydrogen (secondary N) is 2. The van der Waals surface area contributed by atoms with Crippen molar-refractivity contribution in [1.29, 1.82) is 0 Å². The summed E-state index contributed by atoms with van der Waals surface area (Å²) in [5, 5.41) is 2.45. The largest absolute Gasteiger partial charge is 0.332 e. The molecule has 2 N–H and O–H groups in total. The maximum atomic E-state index is 13.0. The summed E-state index contributed by atoms with van der Waals surface area (Å²) in [5.74, 6) is 0. The molecule has 2 saturated heterocycles. The van der Waals surface area contributed by atoms with Gasteiger partial charge in [-0.3, -0.25) is 9.80 Å². The van der Waals surface area contributed by atoms with Crippen LogP contribution in [0.1, 0.15) is 61.8 Å². The van der Waals surface area contributed by atoms with Gasteiger partial charge in [0.05, 0.1) is 5.25 Å². The van der Waals surface area contributed by atoms with Crippen LogP contribution in [0.2, 0.25) is 0 Å². The second kappa shape index (κ2) is 8.61. The van der Waals surface area contributed by atoms with E-state index in [1.807, 2.05) is 0 Å². The molecule has 0 spiro atoms. The first-order chi connectivity index (χ1) is 15.3. The summed E-state index contributed by atoms with van der Waals surface area (Å²) in [6.45, 7) is 8.13. The van der Waals surface area contributed by atoms with Gasteiger partial charge < -0.3 is 5.32 Å². The van der Waals surface area contributed by atoms with Crippen molar-refractivity contribution in [3.63, 3.8) is 0 Å². The van der Waals surface area contributed by atoms with Crippen molar-refractivity contribution in [2.45, 2.75) is 82.5 Å². The van der Waals surface area contributed by atoms with Crippen LogP contribution >= 0.6 is 0 Å². The average Bonchev–Trinajstić information content (AvgIpc) is 3.35. The average molecular weight is 461 g/mol. The summed E-state index contributed by atoms with van der Waals surface area (Å²) in [7, 11) is -3.69. The van der Waals surface area contributed by atoms with Crippen molar-refractivity contribution < 1.29 is 13.2 Å². The summed E-state index contributed by atoms with van der Waals surface area (Å²) < 4.78 is 28.3. The number of piperidine rings is 1. The fraction of sp³-hybridized carbons (Fsp3) is 0.708. The van der Waals surface area contributed by atoms with E-state index in [0.717, 1.165) is 70.4 Å². The van der Waals surface area contributed by atoms with Gasteiger partial charge in [0.25, 0.3) is 0 Å². The second-order valence-electron chi connectivity index (χ2n) is 10.3. The molecule has 2 aliphatic carbocycles. The zero-order chi connectivity index (χ0) is 22.5. The van der Waals surface area contributed by atoms with Crippen molar-refractivity contribution >= 4 is 21.7 Å². The lowest BCUT2D eigenvalue weighted by atomic mass is 9.99. The number of hydrogen-bond acceptors (Lipinski definition) is 5. The van der Waals surface area contributed by atoms with E-state index in [0.29, 0.717) is 24.9 Å². The highest BCUT2D eigenvalue weighted by Gasteiger charge is 2.38. The van der Waals surface area contributed by atoms with Gasteiger partial charge in [0, 0.05) is 30.9 Å². The monoisotopic (exact) mass is 460 g/mol. The third kappa shape index (κ3) is 4.17. The first-order valence-corrected chi connectivity index (χ1v) is 13.8. The number of aryl methyl sites for hydroxylation is 2. The normalized spacial score (nSPS) is 22.6. The van der Waals surface area contributed by atoms with E-state index in [1.54, 1.807) is 0 Å². The third-order valence-corrected chi connectivity index (χ3v) is 9.82. The molecule has 0 atom stereocenters. The summed E-state index contributed by atoms with van der Waals surface area (Å²) >= 11 is 0. The van der Waals surface area contributed by atoms with E-state index in [1.165, 1.54) is 22.3 Å². The highest BCUT2D eigenvalue weighted by Crippen LogP contribution is 2.38. The van der Waals surface area contributed by atoms with Crippen molar-refractivity contribution in [3.8, 4) is 0 Å². The number of anilines is 1. The van der Waals surface area contributed by atoms with E-state index in [-0.39, 0.29) is 0 Å². The molecule has 0 bridgehead atoms. The Morgan fingerprint density at radius 1 is 1.00 bits per heavy atom. The minimum Gasteiger partial charge on any atom is -0.307 e. The van der Waals surface area contributed by atoms with Crippen LogP contribution in [0.15, 0.2) is 6.07 Å². The molecule has 0 radical (unpaired) electrons. The molecule has 2 heterocycles. The molecule has 0 saturated carbocycles. The Bertz CT molecular complexity index is 961. The molecule has 7 nitrogen and oxygen atoms in total. The molecule has 176 valence electrons. The van der Waals surface area contributed by atoms with Crippen LogP contribution in [0.25, 0.3) is 0 Å². The van der Waals surface area contributed by atoms with Crippen molar-refractivity contribution in [1.82, 2.24) is 14.5 Å². The molecule has 4 aliphatic rings. The van der Waals surface area contributed by atoms with Gasteiger partial charge in [-0.05, 0) is 101 Å². The van der Waals surface area contributed by atoms with Crippen LogP contribution in [-0.4, -0.2) is 67.8 Å². The lowest BCUT2D eigenvalue weighted by Gasteiger charge is -2.49. The number of urea groups is 1. The number of carbonyl (C=O) groups excluding carboxylic acids is 1. The van der Waals surface area contributed by atoms with Gasteiger partial charge in [0.15, 0.2) is 0 Å². The first kappa shape index (κ1) is 22.2. The molecular formula is C24H36N4O3S. The number of carbonyl (C=O) groups is 1. The first-order valence-electron chi connectivity index (χ1n) is 12.3. The van der Waals surface area contributed by atoms with Crippen LogP contribution in [0, 0.1) is 0 Å². The number of hydrogen-bond donors (Lipinski definition) is 2. The van der Waals surface area contributed by atoms with Crippen LogP contribution < -0.4 is 10.0 Å². The Balaban J connectivity index is 1.19. The van der Waals surface area contributed by atoms with E-state index in [4.69, 9.17) is 0 Å². The lowest BCUT2D eigenvalue weighted by molar-refractivity contribution is 0.00577. The van der Waals surface area contributed by atoms with Gasteiger partial charge in [-0.15, -0.1) is 0 Å². The molecule has 2 amide bonds. The minimum atomic E-state index is -3.69. The Labute approximate surface area is 192 Å². The van der Waals surface area contributed by atoms with Gasteiger partial charge in [0.1, 0.15) is 0 Å². The quantitative estimate of drug-likeness (QED) is 0.706. The van der Waals surface area contributed by atoms with E-state index in [9.17, 15) is 13.2 Å². The van der Waals surface area contributed by atoms with Gasteiger partial charge in [-0.2, -0.15) is 0 Å². The van der Waals surface area contributed by atoms with Crippen molar-refractivity contribution in [2.24, 2.45) is 0 Å². The van der Waals surface area contributed by atoms with Gasteiger partial charge >= 0.3 is 6.03 Å². The number of amides is 2. The predicted molar refractivity (Wildman–Crippen MR) is 127 cm³/mol. The number of benzene rings is 1. The van der Waals surface area contributed by atoms with Gasteiger partial charge in [-0.1, -0.05) is 6.07 Å². The zero-order valence-electron chi connectivity index (χ0n) is 19.3. The Hall–Kier alpha value is -1.64. The smallest absolute Gasteiger partial charge is 0.307 e. The molecular weight excluding hydrogens is 424 g/mol. The Morgan fingerprint density at radius 2 is 1.59 bits per heavy atom. The Kier molecular flexibility index (Phi) is 5.97. The molecule has 1 aromatic rings. The number of rotatable bonds is 5. The zero-order valence-corrected chi connectivity index (χ0v) is 20.1. The molecule has 2 aliphatic heterocycles. The van der Waals surface area contributed by atoms with Crippen molar-refractivity contribution in [2.75, 3.05) is 31.5 Å². The van der Waals surface area contributed by atoms with Crippen molar-refractivity contribution in [3.05, 3.63) is 28.3 Å². The molecule has 5 rings (SSSR count). The van der Waals surface area contributed by atoms with Gasteiger partial charge in [-0.25, -0.2) is 17.9 Å². The molecule has 0 aromatic heterocycles. The highest BCUT2D eigenvalue weighted by molar-refractivity contribution is 7.90. The Morgan fingerprint density at radius 3 is 2.16 bits per heavy atom. The van der Waals surface area contributed by atoms with E-state index >= 15 is 0 Å². The molecule has 1 aromatic carbocycles. The SMILES string of the molecule is CC(C)N1CC(N2CCC(S(=O)(=O)NC(=O)Nc3c4c(cc5c3CCC5)CCC4)CC2)C1. The second-order valence-corrected chi connectivity index (χ2v) is 12.2. The van der Waals surface area contributed by atoms with E-state index < -0.39 is 21.3 Å². The van der Waals surface area contributed by atoms with Crippen LogP contribution in [0.5, 0.6) is 0 Å². The summed E-state index contributed by atoms with van der Waals surface area (Å²) in [6, 6.07) is 2.81. The third-order valence-electron chi connectivity index (χ3n) is 8.00. The predicted octanol–water partition coefficient (Wildman–Crippen LogP) is 2.67. The molecule has 0 unspecified atom stereocenters. The van der Waals surface area contributed by atoms with E-state index in [2.05, 4.69) is 39.8 Å². The standard InChI is InChI=1S/C24H36N4O3S/c1-16(2)28-14-19(15-28)27-11-9-20(10-12-27)32(30,31)26-24(29)25-23-21-7-3-5-17(21)13-18-6-4-8-22(18)23/h13,16,19-20H,3-12,14-15H2,1-2H3,(H2,25,26,29). The minimum absolute atomic E-state index is 0.502. The van der Waals surface area contributed by atoms with Crippen LogP contribution in [0.4, 0.5) is 10.5 Å². The van der Waals surface area contributed by atoms with Crippen LogP contribution in [-0.2, 0) is 35.7 Å². The summed E-state index contributed by atoms with van der Waals surface area (Å²) in [5.41, 5.74) is 5.95. The number of nitrogens with zero attached hydrogens (tertiary/aromatic N) is 2. The number of fused-ring (bicyclic) bond motifs is 2.